The molecule has 3 N–H and O–H groups in total. The number of rotatable bonds is 5. The third-order valence-corrected chi connectivity index (χ3v) is 6.43. The van der Waals surface area contributed by atoms with Crippen LogP contribution in [0.3, 0.4) is 0 Å². The zero-order chi connectivity index (χ0) is 19.8. The lowest BCUT2D eigenvalue weighted by Crippen LogP contribution is -2.37. The van der Waals surface area contributed by atoms with Gasteiger partial charge in [-0.25, -0.2) is 17.9 Å². The molecule has 0 saturated heterocycles. The lowest BCUT2D eigenvalue weighted by atomic mass is 9.82. The molecule has 3 rings (SSSR count). The zero-order valence-corrected chi connectivity index (χ0v) is 17.0. The minimum Gasteiger partial charge on any atom is -0.309 e. The van der Waals surface area contributed by atoms with Crippen molar-refractivity contribution in [2.75, 3.05) is 6.54 Å². The molecule has 0 spiro atoms. The van der Waals surface area contributed by atoms with Crippen LogP contribution in [0.25, 0.3) is 0 Å². The topological polar surface area (TPSA) is 72.2 Å². The van der Waals surface area contributed by atoms with Crippen LogP contribution in [0.5, 0.6) is 0 Å². The highest BCUT2D eigenvalue weighted by Crippen LogP contribution is 2.34. The minimum atomic E-state index is -3.75. The van der Waals surface area contributed by atoms with Gasteiger partial charge in [0, 0.05) is 18.0 Å². The number of fused-ring (bicyclic) bond motifs is 1. The highest BCUT2D eigenvalue weighted by Gasteiger charge is 2.28. The summed E-state index contributed by atoms with van der Waals surface area (Å²) < 4.78 is 37.8. The molecule has 7 heteroatoms. The number of nitrogens with two attached hydrogens (primary N) is 1. The summed E-state index contributed by atoms with van der Waals surface area (Å²) in [5.74, 6) is -0.397. The maximum Gasteiger partial charge on any atom is 0.238 e. The van der Waals surface area contributed by atoms with Crippen molar-refractivity contribution in [2.45, 2.75) is 49.5 Å². The summed E-state index contributed by atoms with van der Waals surface area (Å²) in [4.78, 5) is 0.120. The molecule has 146 valence electrons. The summed E-state index contributed by atoms with van der Waals surface area (Å²) in [6.45, 7) is 4.44. The second-order valence-corrected chi connectivity index (χ2v) is 9.69. The van der Waals surface area contributed by atoms with E-state index in [2.05, 4.69) is 5.32 Å². The smallest absolute Gasteiger partial charge is 0.238 e. The highest BCUT2D eigenvalue weighted by atomic mass is 35.5. The van der Waals surface area contributed by atoms with Gasteiger partial charge < -0.3 is 5.32 Å². The number of halogens is 2. The maximum absolute atomic E-state index is 14.4. The number of hydrogen-bond donors (Lipinski definition) is 2. The fraction of sp³-hybridized carbons (Fsp3) is 0.400. The highest BCUT2D eigenvalue weighted by molar-refractivity contribution is 7.89. The molecule has 1 aliphatic carbocycles. The van der Waals surface area contributed by atoms with Crippen molar-refractivity contribution in [3.05, 3.63) is 63.9 Å². The first-order valence-electron chi connectivity index (χ1n) is 8.93. The molecule has 2 aromatic carbocycles. The van der Waals surface area contributed by atoms with Crippen LogP contribution < -0.4 is 10.5 Å². The third-order valence-electron chi connectivity index (χ3n) is 5.23. The summed E-state index contributed by atoms with van der Waals surface area (Å²) in [5, 5.41) is 8.89. The van der Waals surface area contributed by atoms with Crippen LogP contribution in [0.4, 0.5) is 4.39 Å². The van der Waals surface area contributed by atoms with E-state index < -0.39 is 21.3 Å². The van der Waals surface area contributed by atoms with E-state index in [1.54, 1.807) is 24.3 Å². The van der Waals surface area contributed by atoms with Crippen molar-refractivity contribution < 1.29 is 12.8 Å². The molecule has 0 aliphatic heterocycles. The van der Waals surface area contributed by atoms with E-state index in [9.17, 15) is 12.8 Å². The lowest BCUT2D eigenvalue weighted by Gasteiger charge is -2.32. The van der Waals surface area contributed by atoms with Crippen molar-refractivity contribution in [2.24, 2.45) is 5.14 Å². The summed E-state index contributed by atoms with van der Waals surface area (Å²) in [6.07, 6.45) is 2.80. The molecule has 2 aromatic rings. The predicted molar refractivity (Wildman–Crippen MR) is 106 cm³/mol. The standard InChI is InChI=1S/C20H24ClFN2O2S/c1-20(2,16-6-4-7-17(21)19(16)22)12-24-18-8-3-5-13-9-10-14(11-15(13)18)27(23,25)26/h4,6-7,9-11,18,24H,3,5,8,12H2,1-2H3,(H2,23,25,26). The fourth-order valence-electron chi connectivity index (χ4n) is 3.67. The molecular weight excluding hydrogens is 387 g/mol. The zero-order valence-electron chi connectivity index (χ0n) is 15.4. The maximum atomic E-state index is 14.4. The van der Waals surface area contributed by atoms with Crippen LogP contribution >= 0.6 is 11.6 Å². The van der Waals surface area contributed by atoms with Crippen molar-refractivity contribution in [1.82, 2.24) is 5.32 Å². The van der Waals surface area contributed by atoms with Crippen molar-refractivity contribution in [3.8, 4) is 0 Å². The Morgan fingerprint density at radius 1 is 1.30 bits per heavy atom. The van der Waals surface area contributed by atoms with Gasteiger partial charge in [0.25, 0.3) is 0 Å². The normalized spacial score (nSPS) is 17.6. The largest absolute Gasteiger partial charge is 0.309 e. The van der Waals surface area contributed by atoms with Crippen LogP contribution in [-0.2, 0) is 21.9 Å². The van der Waals surface area contributed by atoms with Crippen LogP contribution in [0.15, 0.2) is 41.3 Å². The summed E-state index contributed by atoms with van der Waals surface area (Å²) >= 11 is 5.93. The minimum absolute atomic E-state index is 0.00281. The molecule has 1 aliphatic rings. The molecule has 0 aromatic heterocycles. The van der Waals surface area contributed by atoms with E-state index in [0.717, 1.165) is 30.4 Å². The van der Waals surface area contributed by atoms with E-state index in [0.29, 0.717) is 12.1 Å². The fourth-order valence-corrected chi connectivity index (χ4v) is 4.39. The van der Waals surface area contributed by atoms with Gasteiger partial charge in [0.05, 0.1) is 9.92 Å². The van der Waals surface area contributed by atoms with E-state index in [-0.39, 0.29) is 16.0 Å². The Balaban J connectivity index is 1.84. The quantitative estimate of drug-likeness (QED) is 0.780. The molecule has 1 atom stereocenters. The number of sulfonamides is 1. The summed E-state index contributed by atoms with van der Waals surface area (Å²) in [6, 6.07) is 10.1. The number of primary sulfonamides is 1. The third kappa shape index (κ3) is 4.35. The van der Waals surface area contributed by atoms with Gasteiger partial charge in [-0.1, -0.05) is 43.6 Å². The van der Waals surface area contributed by atoms with E-state index in [1.165, 1.54) is 6.07 Å². The molecular formula is C20H24ClFN2O2S. The van der Waals surface area contributed by atoms with Gasteiger partial charge in [-0.3, -0.25) is 0 Å². The molecule has 0 saturated carbocycles. The second kappa shape index (κ2) is 7.51. The number of aryl methyl sites for hydroxylation is 1. The average Bonchev–Trinajstić information content (AvgIpc) is 2.61. The number of nitrogens with one attached hydrogen (secondary N) is 1. The van der Waals surface area contributed by atoms with Gasteiger partial charge in [0.1, 0.15) is 5.82 Å². The van der Waals surface area contributed by atoms with Gasteiger partial charge >= 0.3 is 0 Å². The Kier molecular flexibility index (Phi) is 5.64. The molecule has 27 heavy (non-hydrogen) atoms. The molecule has 0 bridgehead atoms. The van der Waals surface area contributed by atoms with Crippen LogP contribution in [0.1, 0.15) is 49.4 Å². The molecule has 0 heterocycles. The van der Waals surface area contributed by atoms with Gasteiger partial charge in [-0.2, -0.15) is 0 Å². The van der Waals surface area contributed by atoms with E-state index in [1.807, 2.05) is 19.9 Å². The summed E-state index contributed by atoms with van der Waals surface area (Å²) in [7, 11) is -3.75. The first-order valence-corrected chi connectivity index (χ1v) is 10.9. The van der Waals surface area contributed by atoms with Crippen LogP contribution in [-0.4, -0.2) is 15.0 Å². The van der Waals surface area contributed by atoms with E-state index in [4.69, 9.17) is 16.7 Å². The molecule has 0 amide bonds. The first-order chi connectivity index (χ1) is 12.6. The second-order valence-electron chi connectivity index (χ2n) is 7.72. The Morgan fingerprint density at radius 3 is 2.74 bits per heavy atom. The van der Waals surface area contributed by atoms with Gasteiger partial charge in [-0.05, 0) is 54.2 Å². The van der Waals surface area contributed by atoms with Crippen molar-refractivity contribution >= 4 is 21.6 Å². The Bertz CT molecular complexity index is 960. The van der Waals surface area contributed by atoms with Crippen LogP contribution in [0.2, 0.25) is 5.02 Å². The lowest BCUT2D eigenvalue weighted by molar-refractivity contribution is 0.383. The monoisotopic (exact) mass is 410 g/mol. The number of hydrogen-bond acceptors (Lipinski definition) is 3. The molecule has 0 fully saturated rings. The number of benzene rings is 2. The van der Waals surface area contributed by atoms with Gasteiger partial charge in [0.2, 0.25) is 10.0 Å². The Labute approximate surface area is 165 Å². The average molecular weight is 411 g/mol. The SMILES string of the molecule is CC(C)(CNC1CCCc2ccc(S(N)(=O)=O)cc21)c1cccc(Cl)c1F. The van der Waals surface area contributed by atoms with E-state index >= 15 is 0 Å². The summed E-state index contributed by atoms with van der Waals surface area (Å²) in [5.41, 5.74) is 2.15. The van der Waals surface area contributed by atoms with Crippen molar-refractivity contribution in [1.29, 1.82) is 0 Å². The van der Waals surface area contributed by atoms with Crippen molar-refractivity contribution in [3.63, 3.8) is 0 Å². The Hall–Kier alpha value is -1.47. The first kappa shape index (κ1) is 20.3. The van der Waals surface area contributed by atoms with Crippen LogP contribution in [0, 0.1) is 5.82 Å². The molecule has 0 radical (unpaired) electrons. The molecule has 4 nitrogen and oxygen atoms in total. The predicted octanol–water partition coefficient (Wildman–Crippen LogP) is 4.07. The van der Waals surface area contributed by atoms with Gasteiger partial charge in [0.15, 0.2) is 0 Å². The molecule has 1 unspecified atom stereocenters. The van der Waals surface area contributed by atoms with Gasteiger partial charge in [-0.15, -0.1) is 0 Å². The Morgan fingerprint density at radius 2 is 2.04 bits per heavy atom.